The second-order valence-corrected chi connectivity index (χ2v) is 15.3. The zero-order valence-corrected chi connectivity index (χ0v) is 33.8. The molecule has 0 amide bonds. The lowest BCUT2D eigenvalue weighted by Crippen LogP contribution is -2.12. The second kappa shape index (κ2) is 16.2. The summed E-state index contributed by atoms with van der Waals surface area (Å²) in [7, 11) is 0. The highest BCUT2D eigenvalue weighted by Gasteiger charge is 2.26. The van der Waals surface area contributed by atoms with Gasteiger partial charge in [-0.15, -0.1) is 22.7 Å². The molecule has 0 saturated heterocycles. The van der Waals surface area contributed by atoms with Gasteiger partial charge in [-0.1, -0.05) is 36.4 Å². The number of carbonyl (C=O) groups excluding carboxylic acids is 3. The molecule has 0 atom stereocenters. The molecule has 6 aromatic heterocycles. The van der Waals surface area contributed by atoms with E-state index in [2.05, 4.69) is 32.1 Å². The molecule has 0 fully saturated rings. The van der Waals surface area contributed by atoms with E-state index in [4.69, 9.17) is 9.84 Å². The van der Waals surface area contributed by atoms with Crippen LogP contribution >= 0.6 is 22.7 Å². The van der Waals surface area contributed by atoms with E-state index in [1.165, 1.54) is 0 Å². The maximum absolute atomic E-state index is 13.7. The predicted molar refractivity (Wildman–Crippen MR) is 225 cm³/mol. The molecule has 0 spiro atoms. The minimum atomic E-state index is -0.847. The number of benzene rings is 2. The molecule has 0 aliphatic carbocycles. The first-order valence-corrected chi connectivity index (χ1v) is 20.6. The summed E-state index contributed by atoms with van der Waals surface area (Å²) in [5, 5.41) is 17.1. The Morgan fingerprint density at radius 2 is 1.07 bits per heavy atom. The van der Waals surface area contributed by atoms with E-state index in [0.717, 1.165) is 66.7 Å². The van der Waals surface area contributed by atoms with Crippen LogP contribution in [0.15, 0.2) is 83.6 Å². The van der Waals surface area contributed by atoms with Gasteiger partial charge in [0.1, 0.15) is 9.66 Å². The fraction of sp³-hybridized carbons (Fsp3) is 0.273. The SMILES string of the molecule is CCOC(=O)CCn1c(C)c(C(=O)c2cc3ccsc3n2CC)c2ccccc21.CCn1c(C(=O)c2c(C)n(CCC(=O)O)c3ccccc23)cc2ccsc21. The minimum Gasteiger partial charge on any atom is -0.481 e. The van der Waals surface area contributed by atoms with Crippen molar-refractivity contribution in [1.82, 2.24) is 18.3 Å². The topological polar surface area (TPSA) is 117 Å². The van der Waals surface area contributed by atoms with Crippen LogP contribution in [0.1, 0.15) is 77.1 Å². The van der Waals surface area contributed by atoms with Crippen LogP contribution < -0.4 is 0 Å². The van der Waals surface area contributed by atoms with E-state index >= 15 is 0 Å². The van der Waals surface area contributed by atoms with Gasteiger partial charge >= 0.3 is 11.9 Å². The summed E-state index contributed by atoms with van der Waals surface area (Å²) < 4.78 is 13.2. The van der Waals surface area contributed by atoms with Crippen molar-refractivity contribution in [1.29, 1.82) is 0 Å². The lowest BCUT2D eigenvalue weighted by molar-refractivity contribution is -0.143. The first kappa shape index (κ1) is 38.6. The Labute approximate surface area is 332 Å². The molecule has 8 aromatic rings. The number of fused-ring (bicyclic) bond motifs is 4. The Bertz CT molecular complexity index is 2770. The number of hydrogen-bond acceptors (Lipinski definition) is 7. The number of aliphatic carboxylic acids is 1. The molecule has 288 valence electrons. The molecule has 12 heteroatoms. The van der Waals surface area contributed by atoms with Crippen molar-refractivity contribution < 1.29 is 29.0 Å². The quantitative estimate of drug-likeness (QED) is 0.0919. The number of hydrogen-bond donors (Lipinski definition) is 1. The van der Waals surface area contributed by atoms with Gasteiger partial charge in [-0.25, -0.2) is 0 Å². The van der Waals surface area contributed by atoms with Crippen LogP contribution in [0.3, 0.4) is 0 Å². The van der Waals surface area contributed by atoms with E-state index < -0.39 is 5.97 Å². The Kier molecular flexibility index (Phi) is 11.1. The normalized spacial score (nSPS) is 11.4. The number of para-hydroxylation sites is 2. The number of ketones is 2. The average Bonchev–Trinajstić information content (AvgIpc) is 4.03. The Morgan fingerprint density at radius 3 is 1.50 bits per heavy atom. The van der Waals surface area contributed by atoms with Crippen molar-refractivity contribution in [2.75, 3.05) is 6.61 Å². The largest absolute Gasteiger partial charge is 0.481 e. The summed E-state index contributed by atoms with van der Waals surface area (Å²) in [6.45, 7) is 12.4. The van der Waals surface area contributed by atoms with Crippen molar-refractivity contribution in [3.63, 3.8) is 0 Å². The van der Waals surface area contributed by atoms with Crippen LogP contribution in [-0.2, 0) is 40.5 Å². The maximum Gasteiger partial charge on any atom is 0.307 e. The highest BCUT2D eigenvalue weighted by molar-refractivity contribution is 7.17. The zero-order chi connectivity index (χ0) is 39.7. The smallest absolute Gasteiger partial charge is 0.307 e. The highest BCUT2D eigenvalue weighted by atomic mass is 32.1. The first-order valence-electron chi connectivity index (χ1n) is 18.8. The van der Waals surface area contributed by atoms with Crippen molar-refractivity contribution in [2.45, 2.75) is 73.6 Å². The van der Waals surface area contributed by atoms with Crippen molar-refractivity contribution >= 4 is 88.4 Å². The lowest BCUT2D eigenvalue weighted by atomic mass is 10.0. The van der Waals surface area contributed by atoms with E-state index in [9.17, 15) is 19.2 Å². The summed E-state index contributed by atoms with van der Waals surface area (Å²) in [5.74, 6) is -1.06. The molecule has 10 nitrogen and oxygen atoms in total. The van der Waals surface area contributed by atoms with Crippen LogP contribution in [0.25, 0.3) is 42.2 Å². The third kappa shape index (κ3) is 6.88. The van der Waals surface area contributed by atoms with Gasteiger partial charge in [-0.3, -0.25) is 19.2 Å². The van der Waals surface area contributed by atoms with Crippen LogP contribution in [0.2, 0.25) is 0 Å². The van der Waals surface area contributed by atoms with Gasteiger partial charge in [-0.05, 0) is 81.8 Å². The van der Waals surface area contributed by atoms with Crippen molar-refractivity contribution in [3.8, 4) is 0 Å². The number of carbonyl (C=O) groups is 4. The summed E-state index contributed by atoms with van der Waals surface area (Å²) in [6.07, 6.45) is 0.302. The van der Waals surface area contributed by atoms with Gasteiger partial charge in [-0.2, -0.15) is 0 Å². The molecule has 0 aliphatic rings. The second-order valence-electron chi connectivity index (χ2n) is 13.5. The first-order chi connectivity index (χ1) is 27.1. The maximum atomic E-state index is 13.7. The van der Waals surface area contributed by atoms with E-state index in [-0.39, 0.29) is 30.4 Å². The fourth-order valence-electron chi connectivity index (χ4n) is 7.87. The third-order valence-electron chi connectivity index (χ3n) is 10.4. The number of carboxylic acids is 1. The molecule has 8 rings (SSSR count). The van der Waals surface area contributed by atoms with Crippen LogP contribution in [-0.4, -0.2) is 53.5 Å². The predicted octanol–water partition coefficient (Wildman–Crippen LogP) is 9.86. The Balaban J connectivity index is 0.000000172. The van der Waals surface area contributed by atoms with Crippen molar-refractivity contribution in [3.05, 3.63) is 117 Å². The van der Waals surface area contributed by atoms with Crippen LogP contribution in [0, 0.1) is 13.8 Å². The van der Waals surface area contributed by atoms with Gasteiger partial charge in [0.05, 0.1) is 42.0 Å². The summed E-state index contributed by atoms with van der Waals surface area (Å²) in [4.78, 5) is 52.4. The summed E-state index contributed by atoms with van der Waals surface area (Å²) in [5.41, 5.74) is 6.34. The van der Waals surface area contributed by atoms with Gasteiger partial charge in [0.15, 0.2) is 0 Å². The highest BCUT2D eigenvalue weighted by Crippen LogP contribution is 2.34. The minimum absolute atomic E-state index is 0.0111. The number of thiophene rings is 2. The zero-order valence-electron chi connectivity index (χ0n) is 32.1. The molecule has 56 heavy (non-hydrogen) atoms. The standard InChI is InChI=1S/C23H24N2O3S.C21H20N2O3S/c1-4-24-19(14-16-11-13-29-23(16)24)22(27)21-15(3)25(12-10-20(26)28-5-2)18-9-7-6-8-17(18)21;1-3-22-17(12-14-9-11-27-21(14)22)20(26)19-13(2)23(10-8-18(24)25)16-7-5-4-6-15(16)19/h6-9,11,13-14H,4-5,10,12H2,1-3H3;4-7,9,11-12H,3,8,10H2,1-2H3,(H,24,25). The summed E-state index contributed by atoms with van der Waals surface area (Å²) in [6, 6.07) is 23.6. The number of esters is 1. The lowest BCUT2D eigenvalue weighted by Gasteiger charge is -2.09. The number of aromatic nitrogens is 4. The number of aryl methyl sites for hydroxylation is 4. The van der Waals surface area contributed by atoms with E-state index in [1.807, 2.05) is 97.4 Å². The van der Waals surface area contributed by atoms with Crippen LogP contribution in [0.5, 0.6) is 0 Å². The molecule has 0 bridgehead atoms. The van der Waals surface area contributed by atoms with Gasteiger partial charge < -0.3 is 28.1 Å². The van der Waals surface area contributed by atoms with Crippen molar-refractivity contribution in [2.24, 2.45) is 0 Å². The number of ether oxygens (including phenoxy) is 1. The molecular weight excluding hydrogens is 745 g/mol. The average molecular weight is 789 g/mol. The molecule has 0 unspecified atom stereocenters. The molecule has 0 radical (unpaired) electrons. The number of nitrogens with zero attached hydrogens (tertiary/aromatic N) is 4. The van der Waals surface area contributed by atoms with Gasteiger partial charge in [0.2, 0.25) is 11.6 Å². The fourth-order valence-corrected chi connectivity index (χ4v) is 9.79. The number of carboxylic acid groups (broad SMARTS) is 1. The van der Waals surface area contributed by atoms with Gasteiger partial charge in [0, 0.05) is 70.1 Å². The molecule has 2 aromatic carbocycles. The Hall–Kier alpha value is -5.72. The van der Waals surface area contributed by atoms with Crippen LogP contribution in [0.4, 0.5) is 0 Å². The molecular formula is C44H44N4O6S2. The van der Waals surface area contributed by atoms with Gasteiger partial charge in [0.25, 0.3) is 0 Å². The molecule has 6 heterocycles. The molecule has 1 N–H and O–H groups in total. The molecule has 0 saturated carbocycles. The third-order valence-corrected chi connectivity index (χ3v) is 12.3. The van der Waals surface area contributed by atoms with E-state index in [1.54, 1.807) is 29.6 Å². The summed E-state index contributed by atoms with van der Waals surface area (Å²) >= 11 is 3.29. The Morgan fingerprint density at radius 1 is 0.625 bits per heavy atom. The monoisotopic (exact) mass is 788 g/mol. The van der Waals surface area contributed by atoms with E-state index in [0.29, 0.717) is 42.2 Å². The molecule has 0 aliphatic heterocycles. The number of rotatable bonds is 13.